The molecule has 0 radical (unpaired) electrons. The summed E-state index contributed by atoms with van der Waals surface area (Å²) >= 11 is 9.24. The minimum absolute atomic E-state index is 0.108. The largest absolute Gasteiger partial charge is 0.348 e. The van der Waals surface area contributed by atoms with Crippen molar-refractivity contribution in [3.05, 3.63) is 44.9 Å². The third-order valence-electron chi connectivity index (χ3n) is 2.81. The topological polar surface area (TPSA) is 41.1 Å². The molecule has 1 aliphatic rings. The first-order valence-corrected chi connectivity index (χ1v) is 6.96. The van der Waals surface area contributed by atoms with Gasteiger partial charge < -0.3 is 10.6 Å². The highest BCUT2D eigenvalue weighted by Gasteiger charge is 2.11. The number of amides is 1. The van der Waals surface area contributed by atoms with E-state index in [9.17, 15) is 4.79 Å². The maximum Gasteiger partial charge on any atom is 0.252 e. The highest BCUT2D eigenvalue weighted by Crippen LogP contribution is 2.21. The lowest BCUT2D eigenvalue weighted by Gasteiger charge is -2.15. The van der Waals surface area contributed by atoms with E-state index in [0.29, 0.717) is 17.1 Å². The number of carbonyl (C=O) groups is 1. The van der Waals surface area contributed by atoms with Gasteiger partial charge in [0.2, 0.25) is 0 Å². The second-order valence-electron chi connectivity index (χ2n) is 4.12. The first-order valence-electron chi connectivity index (χ1n) is 5.78. The van der Waals surface area contributed by atoms with E-state index in [-0.39, 0.29) is 5.91 Å². The standard InChI is InChI=1S/C13H14BrClN2O/c14-12-2-1-10(15)7-11(12)13(18)17-8-9-3-5-16-6-4-9/h1-3,7,16H,4-6,8H2,(H,17,18). The van der Waals surface area contributed by atoms with Crippen LogP contribution in [0.15, 0.2) is 34.3 Å². The van der Waals surface area contributed by atoms with Crippen LogP contribution in [0.25, 0.3) is 0 Å². The second-order valence-corrected chi connectivity index (χ2v) is 5.41. The van der Waals surface area contributed by atoms with E-state index in [1.165, 1.54) is 5.57 Å². The van der Waals surface area contributed by atoms with E-state index in [4.69, 9.17) is 11.6 Å². The van der Waals surface area contributed by atoms with Gasteiger partial charge in [-0.2, -0.15) is 0 Å². The molecule has 96 valence electrons. The van der Waals surface area contributed by atoms with Crippen molar-refractivity contribution >= 4 is 33.4 Å². The van der Waals surface area contributed by atoms with Crippen molar-refractivity contribution in [1.82, 2.24) is 10.6 Å². The molecule has 0 aromatic heterocycles. The molecule has 0 atom stereocenters. The maximum atomic E-state index is 12.0. The van der Waals surface area contributed by atoms with Crippen molar-refractivity contribution in [2.45, 2.75) is 6.42 Å². The van der Waals surface area contributed by atoms with Crippen molar-refractivity contribution in [3.8, 4) is 0 Å². The number of benzene rings is 1. The molecule has 0 unspecified atom stereocenters. The van der Waals surface area contributed by atoms with E-state index in [0.717, 1.165) is 24.0 Å². The number of rotatable bonds is 3. The molecule has 18 heavy (non-hydrogen) atoms. The molecule has 0 aliphatic carbocycles. The number of carbonyl (C=O) groups excluding carboxylic acids is 1. The molecule has 1 aromatic rings. The molecular weight excluding hydrogens is 316 g/mol. The van der Waals surface area contributed by atoms with E-state index < -0.39 is 0 Å². The van der Waals surface area contributed by atoms with Gasteiger partial charge in [-0.15, -0.1) is 0 Å². The summed E-state index contributed by atoms with van der Waals surface area (Å²) in [5.41, 5.74) is 1.83. The SMILES string of the molecule is O=C(NCC1=CCNCC1)c1cc(Cl)ccc1Br. The Morgan fingerprint density at radius 3 is 3.06 bits per heavy atom. The number of halogens is 2. The lowest BCUT2D eigenvalue weighted by Crippen LogP contribution is -2.29. The summed E-state index contributed by atoms with van der Waals surface area (Å²) in [5, 5.41) is 6.71. The van der Waals surface area contributed by atoms with Gasteiger partial charge in [0, 0.05) is 22.6 Å². The van der Waals surface area contributed by atoms with E-state index >= 15 is 0 Å². The molecule has 0 bridgehead atoms. The molecule has 2 rings (SSSR count). The smallest absolute Gasteiger partial charge is 0.252 e. The van der Waals surface area contributed by atoms with Crippen LogP contribution in [-0.4, -0.2) is 25.5 Å². The van der Waals surface area contributed by atoms with Gasteiger partial charge in [0.1, 0.15) is 0 Å². The Morgan fingerprint density at radius 1 is 1.50 bits per heavy atom. The molecule has 3 nitrogen and oxygen atoms in total. The van der Waals surface area contributed by atoms with Crippen LogP contribution in [-0.2, 0) is 0 Å². The zero-order valence-electron chi connectivity index (χ0n) is 9.80. The normalized spacial score (nSPS) is 15.1. The Labute approximate surface area is 120 Å². The van der Waals surface area contributed by atoms with Gasteiger partial charge >= 0.3 is 0 Å². The Hall–Kier alpha value is -0.840. The second kappa shape index (κ2) is 6.36. The molecule has 1 aromatic carbocycles. The molecule has 0 spiro atoms. The van der Waals surface area contributed by atoms with Gasteiger partial charge in [-0.3, -0.25) is 4.79 Å². The van der Waals surface area contributed by atoms with Crippen LogP contribution in [0, 0.1) is 0 Å². The molecule has 1 aliphatic heterocycles. The molecule has 5 heteroatoms. The Balaban J connectivity index is 1.99. The van der Waals surface area contributed by atoms with Crippen LogP contribution in [0.3, 0.4) is 0 Å². The highest BCUT2D eigenvalue weighted by molar-refractivity contribution is 9.10. The number of hydrogen-bond acceptors (Lipinski definition) is 2. The predicted molar refractivity (Wildman–Crippen MR) is 77.1 cm³/mol. The summed E-state index contributed by atoms with van der Waals surface area (Å²) in [4.78, 5) is 12.0. The third kappa shape index (κ3) is 3.57. The van der Waals surface area contributed by atoms with Gasteiger partial charge in [0.05, 0.1) is 5.56 Å². The molecule has 0 saturated carbocycles. The van der Waals surface area contributed by atoms with Crippen molar-refractivity contribution in [1.29, 1.82) is 0 Å². The average Bonchev–Trinajstić information content (AvgIpc) is 2.40. The van der Waals surface area contributed by atoms with Gasteiger partial charge in [-0.1, -0.05) is 23.3 Å². The Morgan fingerprint density at radius 2 is 2.33 bits per heavy atom. The first-order chi connectivity index (χ1) is 8.66. The lowest BCUT2D eigenvalue weighted by atomic mass is 10.1. The monoisotopic (exact) mass is 328 g/mol. The van der Waals surface area contributed by atoms with Gasteiger partial charge in [0.15, 0.2) is 0 Å². The number of nitrogens with one attached hydrogen (secondary N) is 2. The molecule has 0 saturated heterocycles. The molecule has 0 fully saturated rings. The summed E-state index contributed by atoms with van der Waals surface area (Å²) in [6, 6.07) is 5.19. The van der Waals surface area contributed by atoms with Crippen LogP contribution < -0.4 is 10.6 Å². The zero-order valence-corrected chi connectivity index (χ0v) is 12.1. The lowest BCUT2D eigenvalue weighted by molar-refractivity contribution is 0.0956. The van der Waals surface area contributed by atoms with E-state index in [2.05, 4.69) is 32.6 Å². The molecular formula is C13H14BrClN2O. The quantitative estimate of drug-likeness (QED) is 0.837. The first kappa shape index (κ1) is 13.6. The average molecular weight is 330 g/mol. The van der Waals surface area contributed by atoms with Gasteiger partial charge in [-0.25, -0.2) is 0 Å². The molecule has 1 heterocycles. The fourth-order valence-electron chi connectivity index (χ4n) is 1.79. The molecule has 2 N–H and O–H groups in total. The Kier molecular flexibility index (Phi) is 4.80. The van der Waals surface area contributed by atoms with Crippen molar-refractivity contribution < 1.29 is 4.79 Å². The summed E-state index contributed by atoms with van der Waals surface area (Å²) in [6.07, 6.45) is 3.10. The van der Waals surface area contributed by atoms with E-state index in [1.54, 1.807) is 18.2 Å². The Bertz CT molecular complexity index is 488. The third-order valence-corrected chi connectivity index (χ3v) is 3.73. The summed E-state index contributed by atoms with van der Waals surface area (Å²) in [6.45, 7) is 2.45. The van der Waals surface area contributed by atoms with Gasteiger partial charge in [0.25, 0.3) is 5.91 Å². The van der Waals surface area contributed by atoms with Crippen LogP contribution in [0.2, 0.25) is 5.02 Å². The summed E-state index contributed by atoms with van der Waals surface area (Å²) < 4.78 is 0.753. The summed E-state index contributed by atoms with van der Waals surface area (Å²) in [7, 11) is 0. The van der Waals surface area contributed by atoms with Crippen LogP contribution in [0.1, 0.15) is 16.8 Å². The maximum absolute atomic E-state index is 12.0. The minimum Gasteiger partial charge on any atom is -0.348 e. The minimum atomic E-state index is -0.108. The summed E-state index contributed by atoms with van der Waals surface area (Å²) in [5.74, 6) is -0.108. The fraction of sp³-hybridized carbons (Fsp3) is 0.308. The van der Waals surface area contributed by atoms with Gasteiger partial charge in [-0.05, 0) is 47.1 Å². The van der Waals surface area contributed by atoms with Crippen LogP contribution in [0.5, 0.6) is 0 Å². The predicted octanol–water partition coefficient (Wildman–Crippen LogP) is 2.75. The highest BCUT2D eigenvalue weighted by atomic mass is 79.9. The molecule has 1 amide bonds. The van der Waals surface area contributed by atoms with Crippen LogP contribution in [0.4, 0.5) is 0 Å². The van der Waals surface area contributed by atoms with Crippen molar-refractivity contribution in [2.24, 2.45) is 0 Å². The number of hydrogen-bond donors (Lipinski definition) is 2. The van der Waals surface area contributed by atoms with E-state index in [1.807, 2.05) is 0 Å². The van der Waals surface area contributed by atoms with Crippen molar-refractivity contribution in [3.63, 3.8) is 0 Å². The fourth-order valence-corrected chi connectivity index (χ4v) is 2.39. The van der Waals surface area contributed by atoms with Crippen LogP contribution >= 0.6 is 27.5 Å². The zero-order chi connectivity index (χ0) is 13.0. The van der Waals surface area contributed by atoms with Crippen molar-refractivity contribution in [2.75, 3.05) is 19.6 Å².